The molecule has 122 valence electrons. The summed E-state index contributed by atoms with van der Waals surface area (Å²) in [7, 11) is 0. The Balaban J connectivity index is 2.77. The van der Waals surface area contributed by atoms with Crippen molar-refractivity contribution in [3.05, 3.63) is 35.9 Å². The number of amides is 1. The van der Waals surface area contributed by atoms with Crippen molar-refractivity contribution in [2.45, 2.75) is 38.9 Å². The van der Waals surface area contributed by atoms with Crippen LogP contribution in [0.2, 0.25) is 0 Å². The second kappa shape index (κ2) is 6.81. The predicted octanol–water partition coefficient (Wildman–Crippen LogP) is 2.78. The van der Waals surface area contributed by atoms with Crippen LogP contribution in [0.25, 0.3) is 0 Å². The van der Waals surface area contributed by atoms with Crippen LogP contribution in [0.3, 0.4) is 0 Å². The summed E-state index contributed by atoms with van der Waals surface area (Å²) in [5, 5.41) is 10.8. The molecule has 1 rings (SSSR count). The Hall–Kier alpha value is -2.05. The molecular weight excluding hydrogens is 299 g/mol. The molecule has 4 nitrogen and oxygen atoms in total. The molecule has 0 saturated heterocycles. The summed E-state index contributed by atoms with van der Waals surface area (Å²) in [6.45, 7) is 3.11. The van der Waals surface area contributed by atoms with Gasteiger partial charge in [0.25, 0.3) is 0 Å². The third-order valence-corrected chi connectivity index (χ3v) is 3.14. The van der Waals surface area contributed by atoms with Gasteiger partial charge in [0.15, 0.2) is 0 Å². The predicted molar refractivity (Wildman–Crippen MR) is 74.2 cm³/mol. The summed E-state index contributed by atoms with van der Waals surface area (Å²) >= 11 is 0. The van der Waals surface area contributed by atoms with Crippen LogP contribution in [-0.4, -0.2) is 29.2 Å². The van der Waals surface area contributed by atoms with Gasteiger partial charge >= 0.3 is 12.1 Å². The molecule has 0 aliphatic heterocycles. The number of rotatable bonds is 6. The maximum atomic E-state index is 12.3. The fourth-order valence-electron chi connectivity index (χ4n) is 1.97. The Kier molecular flexibility index (Phi) is 5.57. The van der Waals surface area contributed by atoms with E-state index in [4.69, 9.17) is 5.11 Å². The Morgan fingerprint density at radius 1 is 1.18 bits per heavy atom. The SMILES string of the molecule is CC(C)(Cc1ccccc1)C(=O)NC(CC(F)(F)F)C(=O)O. The number of aliphatic carboxylic acids is 1. The van der Waals surface area contributed by atoms with E-state index in [-0.39, 0.29) is 6.42 Å². The molecule has 1 unspecified atom stereocenters. The van der Waals surface area contributed by atoms with Crippen molar-refractivity contribution in [2.24, 2.45) is 5.41 Å². The highest BCUT2D eigenvalue weighted by Crippen LogP contribution is 2.25. The highest BCUT2D eigenvalue weighted by molar-refractivity contribution is 5.87. The molecule has 0 bridgehead atoms. The molecule has 7 heteroatoms. The van der Waals surface area contributed by atoms with E-state index in [0.717, 1.165) is 5.56 Å². The molecule has 0 fully saturated rings. The van der Waals surface area contributed by atoms with Crippen LogP contribution >= 0.6 is 0 Å². The lowest BCUT2D eigenvalue weighted by Gasteiger charge is -2.26. The van der Waals surface area contributed by atoms with Crippen molar-refractivity contribution in [2.75, 3.05) is 0 Å². The first-order valence-corrected chi connectivity index (χ1v) is 6.66. The Labute approximate surface area is 126 Å². The van der Waals surface area contributed by atoms with Crippen LogP contribution in [0, 0.1) is 5.41 Å². The van der Waals surface area contributed by atoms with Gasteiger partial charge in [-0.25, -0.2) is 4.79 Å². The molecule has 0 spiro atoms. The zero-order valence-electron chi connectivity index (χ0n) is 12.3. The van der Waals surface area contributed by atoms with Crippen molar-refractivity contribution >= 4 is 11.9 Å². The number of carbonyl (C=O) groups is 2. The normalized spacial score (nSPS) is 13.5. The summed E-state index contributed by atoms with van der Waals surface area (Å²) in [6.07, 6.45) is -5.98. The van der Waals surface area contributed by atoms with E-state index in [0.29, 0.717) is 0 Å². The van der Waals surface area contributed by atoms with E-state index in [9.17, 15) is 22.8 Å². The van der Waals surface area contributed by atoms with Gasteiger partial charge in [-0.05, 0) is 12.0 Å². The molecule has 1 aromatic carbocycles. The second-order valence-electron chi connectivity index (χ2n) is 5.73. The minimum Gasteiger partial charge on any atom is -0.480 e. The van der Waals surface area contributed by atoms with Gasteiger partial charge in [0.05, 0.1) is 6.42 Å². The van der Waals surface area contributed by atoms with Gasteiger partial charge in [0.1, 0.15) is 6.04 Å². The lowest BCUT2D eigenvalue weighted by molar-refractivity contribution is -0.160. The number of carbonyl (C=O) groups excluding carboxylic acids is 1. The molecule has 0 aliphatic rings. The summed E-state index contributed by atoms with van der Waals surface area (Å²) in [5.74, 6) is -2.44. The summed E-state index contributed by atoms with van der Waals surface area (Å²) in [4.78, 5) is 23.0. The largest absolute Gasteiger partial charge is 0.480 e. The molecule has 1 amide bonds. The smallest absolute Gasteiger partial charge is 0.391 e. The number of carboxylic acids is 1. The average molecular weight is 317 g/mol. The molecule has 1 atom stereocenters. The fraction of sp³-hybridized carbons (Fsp3) is 0.467. The molecule has 0 radical (unpaired) electrons. The lowest BCUT2D eigenvalue weighted by Crippen LogP contribution is -2.49. The Morgan fingerprint density at radius 2 is 1.73 bits per heavy atom. The first-order valence-electron chi connectivity index (χ1n) is 6.66. The first-order chi connectivity index (χ1) is 10.0. The van der Waals surface area contributed by atoms with Crippen molar-refractivity contribution in [1.29, 1.82) is 0 Å². The zero-order chi connectivity index (χ0) is 17.0. The summed E-state index contributed by atoms with van der Waals surface area (Å²) in [6, 6.07) is 6.97. The van der Waals surface area contributed by atoms with E-state index in [1.54, 1.807) is 44.2 Å². The van der Waals surface area contributed by atoms with E-state index in [1.165, 1.54) is 0 Å². The van der Waals surface area contributed by atoms with Gasteiger partial charge in [-0.2, -0.15) is 13.2 Å². The quantitative estimate of drug-likeness (QED) is 0.848. The molecular formula is C15H18F3NO3. The molecule has 2 N–H and O–H groups in total. The summed E-state index contributed by atoms with van der Waals surface area (Å²) in [5.41, 5.74) is -0.189. The number of hydrogen-bond acceptors (Lipinski definition) is 2. The minimum absolute atomic E-state index is 0.290. The number of hydrogen-bond donors (Lipinski definition) is 2. The van der Waals surface area contributed by atoms with Crippen molar-refractivity contribution < 1.29 is 27.9 Å². The van der Waals surface area contributed by atoms with Crippen molar-refractivity contribution in [3.63, 3.8) is 0 Å². The zero-order valence-corrected chi connectivity index (χ0v) is 12.3. The molecule has 0 heterocycles. The highest BCUT2D eigenvalue weighted by atomic mass is 19.4. The lowest BCUT2D eigenvalue weighted by atomic mass is 9.84. The van der Waals surface area contributed by atoms with Gasteiger partial charge in [0, 0.05) is 5.41 Å². The van der Waals surface area contributed by atoms with Crippen molar-refractivity contribution in [3.8, 4) is 0 Å². The Bertz CT molecular complexity index is 527. The van der Waals surface area contributed by atoms with E-state index >= 15 is 0 Å². The molecule has 0 saturated carbocycles. The molecule has 0 aromatic heterocycles. The van der Waals surface area contributed by atoms with E-state index < -0.39 is 35.9 Å². The topological polar surface area (TPSA) is 66.4 Å². The van der Waals surface area contributed by atoms with Crippen LogP contribution in [0.4, 0.5) is 13.2 Å². The number of nitrogens with one attached hydrogen (secondary N) is 1. The van der Waals surface area contributed by atoms with Gasteiger partial charge < -0.3 is 10.4 Å². The average Bonchev–Trinajstić information content (AvgIpc) is 2.36. The number of benzene rings is 1. The maximum Gasteiger partial charge on any atom is 0.391 e. The van der Waals surface area contributed by atoms with Gasteiger partial charge in [-0.1, -0.05) is 44.2 Å². The highest BCUT2D eigenvalue weighted by Gasteiger charge is 2.38. The van der Waals surface area contributed by atoms with Gasteiger partial charge in [-0.15, -0.1) is 0 Å². The monoisotopic (exact) mass is 317 g/mol. The second-order valence-corrected chi connectivity index (χ2v) is 5.73. The maximum absolute atomic E-state index is 12.3. The van der Waals surface area contributed by atoms with E-state index in [2.05, 4.69) is 0 Å². The van der Waals surface area contributed by atoms with Crippen LogP contribution in [0.5, 0.6) is 0 Å². The standard InChI is InChI=1S/C15H18F3NO3/c1-14(2,8-10-6-4-3-5-7-10)13(22)19-11(12(20)21)9-15(16,17)18/h3-7,11H,8-9H2,1-2H3,(H,19,22)(H,20,21). The first kappa shape index (κ1) is 18.0. The third-order valence-electron chi connectivity index (χ3n) is 3.14. The fourth-order valence-corrected chi connectivity index (χ4v) is 1.97. The molecule has 0 aliphatic carbocycles. The summed E-state index contributed by atoms with van der Waals surface area (Å²) < 4.78 is 37.0. The number of carboxylic acid groups (broad SMARTS) is 1. The van der Waals surface area contributed by atoms with Crippen LogP contribution in [0.15, 0.2) is 30.3 Å². The third kappa shape index (κ3) is 5.75. The van der Waals surface area contributed by atoms with Crippen LogP contribution < -0.4 is 5.32 Å². The number of halogens is 3. The van der Waals surface area contributed by atoms with E-state index in [1.807, 2.05) is 5.32 Å². The van der Waals surface area contributed by atoms with Crippen molar-refractivity contribution in [1.82, 2.24) is 5.32 Å². The van der Waals surface area contributed by atoms with Crippen LogP contribution in [0.1, 0.15) is 25.8 Å². The Morgan fingerprint density at radius 3 is 2.18 bits per heavy atom. The van der Waals surface area contributed by atoms with Crippen LogP contribution in [-0.2, 0) is 16.0 Å². The number of alkyl halides is 3. The molecule has 22 heavy (non-hydrogen) atoms. The van der Waals surface area contributed by atoms with Gasteiger partial charge in [0.2, 0.25) is 5.91 Å². The molecule has 1 aromatic rings. The van der Waals surface area contributed by atoms with Gasteiger partial charge in [-0.3, -0.25) is 4.79 Å². The minimum atomic E-state index is -4.67.